The average Bonchev–Trinajstić information content (AvgIpc) is 2.35. The lowest BCUT2D eigenvalue weighted by Gasteiger charge is -2.27. The van der Waals surface area contributed by atoms with Crippen molar-refractivity contribution in [2.45, 2.75) is 39.0 Å². The Hall–Kier alpha value is -1.10. The molecule has 0 saturated heterocycles. The van der Waals surface area contributed by atoms with Gasteiger partial charge in [-0.2, -0.15) is 0 Å². The summed E-state index contributed by atoms with van der Waals surface area (Å²) >= 11 is 0. The Bertz CT molecular complexity index is 248. The normalized spacial score (nSPS) is 24.9. The predicted octanol–water partition coefficient (Wildman–Crippen LogP) is 0.309. The first kappa shape index (κ1) is 13.0. The number of carbonyl (C=O) groups excluding carboxylic acids is 2. The van der Waals surface area contributed by atoms with Crippen LogP contribution in [0.15, 0.2) is 0 Å². The van der Waals surface area contributed by atoms with Crippen LogP contribution in [0, 0.1) is 11.8 Å². The maximum atomic E-state index is 11.1. The Kier molecular flexibility index (Phi) is 5.25. The van der Waals surface area contributed by atoms with Gasteiger partial charge in [-0.15, -0.1) is 0 Å². The third kappa shape index (κ3) is 3.81. The van der Waals surface area contributed by atoms with Crippen molar-refractivity contribution in [3.8, 4) is 0 Å². The molecule has 0 aromatic rings. The zero-order valence-corrected chi connectivity index (χ0v) is 9.79. The van der Waals surface area contributed by atoms with E-state index in [9.17, 15) is 9.59 Å². The summed E-state index contributed by atoms with van der Waals surface area (Å²) in [6.45, 7) is 2.81. The van der Waals surface area contributed by atoms with Gasteiger partial charge in [-0.05, 0) is 24.7 Å². The summed E-state index contributed by atoms with van der Waals surface area (Å²) in [4.78, 5) is 22.0. The Morgan fingerprint density at radius 1 is 1.12 bits per heavy atom. The van der Waals surface area contributed by atoms with Gasteiger partial charge in [0.2, 0.25) is 0 Å². The van der Waals surface area contributed by atoms with E-state index in [0.29, 0.717) is 12.5 Å². The van der Waals surface area contributed by atoms with Crippen LogP contribution in [0.25, 0.3) is 0 Å². The van der Waals surface area contributed by atoms with Crippen molar-refractivity contribution < 1.29 is 9.59 Å². The lowest BCUT2D eigenvalue weighted by Crippen LogP contribution is -2.44. The third-order valence-corrected chi connectivity index (χ3v) is 3.43. The van der Waals surface area contributed by atoms with E-state index in [4.69, 9.17) is 5.84 Å². The molecule has 1 aliphatic carbocycles. The van der Waals surface area contributed by atoms with Gasteiger partial charge in [0, 0.05) is 6.54 Å². The van der Waals surface area contributed by atoms with Crippen LogP contribution in [0.4, 0.5) is 0 Å². The van der Waals surface area contributed by atoms with E-state index >= 15 is 0 Å². The third-order valence-electron chi connectivity index (χ3n) is 3.43. The van der Waals surface area contributed by atoms with Crippen LogP contribution < -0.4 is 16.6 Å². The molecule has 5 heteroatoms. The molecule has 5 nitrogen and oxygen atoms in total. The SMILES string of the molecule is CCC1CCC(CNC(=O)C(=O)NN)CC1. The maximum Gasteiger partial charge on any atom is 0.323 e. The topological polar surface area (TPSA) is 84.2 Å². The molecular formula is C11H21N3O2. The van der Waals surface area contributed by atoms with Crippen LogP contribution >= 0.6 is 0 Å². The second-order valence-electron chi connectivity index (χ2n) is 4.48. The van der Waals surface area contributed by atoms with Crippen molar-refractivity contribution in [1.29, 1.82) is 0 Å². The molecule has 0 radical (unpaired) electrons. The first-order chi connectivity index (χ1) is 7.67. The molecule has 0 spiro atoms. The molecule has 16 heavy (non-hydrogen) atoms. The van der Waals surface area contributed by atoms with Crippen molar-refractivity contribution in [2.75, 3.05) is 6.54 Å². The molecular weight excluding hydrogens is 206 g/mol. The molecule has 1 aliphatic rings. The van der Waals surface area contributed by atoms with E-state index in [1.165, 1.54) is 19.3 Å². The minimum absolute atomic E-state index is 0.511. The van der Waals surface area contributed by atoms with Crippen LogP contribution in [0.2, 0.25) is 0 Å². The predicted molar refractivity (Wildman–Crippen MR) is 61.1 cm³/mol. The molecule has 92 valence electrons. The molecule has 0 bridgehead atoms. The van der Waals surface area contributed by atoms with Gasteiger partial charge in [0.1, 0.15) is 0 Å². The highest BCUT2D eigenvalue weighted by Gasteiger charge is 2.21. The zero-order chi connectivity index (χ0) is 12.0. The smallest absolute Gasteiger partial charge is 0.323 e. The lowest BCUT2D eigenvalue weighted by molar-refractivity contribution is -0.139. The number of nitrogens with two attached hydrogens (primary N) is 1. The van der Waals surface area contributed by atoms with Crippen molar-refractivity contribution in [3.05, 3.63) is 0 Å². The van der Waals surface area contributed by atoms with Gasteiger partial charge < -0.3 is 5.32 Å². The van der Waals surface area contributed by atoms with Crippen molar-refractivity contribution in [1.82, 2.24) is 10.7 Å². The van der Waals surface area contributed by atoms with E-state index in [-0.39, 0.29) is 0 Å². The summed E-state index contributed by atoms with van der Waals surface area (Å²) in [5.74, 6) is 4.80. The first-order valence-electron chi connectivity index (χ1n) is 5.96. The number of nitrogens with one attached hydrogen (secondary N) is 2. The fourth-order valence-corrected chi connectivity index (χ4v) is 2.23. The molecule has 4 N–H and O–H groups in total. The van der Waals surface area contributed by atoms with Gasteiger partial charge in [-0.3, -0.25) is 15.0 Å². The van der Waals surface area contributed by atoms with Gasteiger partial charge in [0.25, 0.3) is 0 Å². The van der Waals surface area contributed by atoms with Crippen molar-refractivity contribution in [2.24, 2.45) is 17.7 Å². The minimum atomic E-state index is -0.776. The summed E-state index contributed by atoms with van der Waals surface area (Å²) < 4.78 is 0. The summed E-state index contributed by atoms with van der Waals surface area (Å²) in [5.41, 5.74) is 1.82. The monoisotopic (exact) mass is 227 g/mol. The second-order valence-corrected chi connectivity index (χ2v) is 4.48. The molecule has 0 aromatic carbocycles. The van der Waals surface area contributed by atoms with Crippen LogP contribution in [0.1, 0.15) is 39.0 Å². The fraction of sp³-hybridized carbons (Fsp3) is 0.818. The van der Waals surface area contributed by atoms with E-state index in [1.54, 1.807) is 0 Å². The Labute approximate surface area is 96.1 Å². The first-order valence-corrected chi connectivity index (χ1v) is 5.96. The van der Waals surface area contributed by atoms with E-state index in [0.717, 1.165) is 18.8 Å². The average molecular weight is 227 g/mol. The summed E-state index contributed by atoms with van der Waals surface area (Å²) in [5, 5.41) is 2.60. The van der Waals surface area contributed by atoms with Crippen LogP contribution in [0.5, 0.6) is 0 Å². The van der Waals surface area contributed by atoms with E-state index in [2.05, 4.69) is 12.2 Å². The quantitative estimate of drug-likeness (QED) is 0.281. The molecule has 0 unspecified atom stereocenters. The maximum absolute atomic E-state index is 11.1. The molecule has 1 rings (SSSR count). The molecule has 1 saturated carbocycles. The molecule has 0 heterocycles. The largest absolute Gasteiger partial charge is 0.348 e. The summed E-state index contributed by atoms with van der Waals surface area (Å²) in [7, 11) is 0. The number of hydrogen-bond acceptors (Lipinski definition) is 3. The van der Waals surface area contributed by atoms with Gasteiger partial charge in [0.05, 0.1) is 0 Å². The highest BCUT2D eigenvalue weighted by Crippen LogP contribution is 2.29. The molecule has 1 fully saturated rings. The molecule has 0 aliphatic heterocycles. The number of hydrazine groups is 1. The second kappa shape index (κ2) is 6.48. The lowest BCUT2D eigenvalue weighted by atomic mass is 9.81. The van der Waals surface area contributed by atoms with Crippen molar-refractivity contribution >= 4 is 11.8 Å². The fourth-order valence-electron chi connectivity index (χ4n) is 2.23. The van der Waals surface area contributed by atoms with Crippen molar-refractivity contribution in [3.63, 3.8) is 0 Å². The number of carbonyl (C=O) groups is 2. The van der Waals surface area contributed by atoms with Gasteiger partial charge in [-0.25, -0.2) is 5.84 Å². The summed E-state index contributed by atoms with van der Waals surface area (Å²) in [6.07, 6.45) is 6.00. The van der Waals surface area contributed by atoms with Crippen LogP contribution in [0.3, 0.4) is 0 Å². The highest BCUT2D eigenvalue weighted by molar-refractivity contribution is 6.34. The number of hydrogen-bond donors (Lipinski definition) is 3. The van der Waals surface area contributed by atoms with Gasteiger partial charge in [0.15, 0.2) is 0 Å². The van der Waals surface area contributed by atoms with Gasteiger partial charge >= 0.3 is 11.8 Å². The van der Waals surface area contributed by atoms with Crippen LogP contribution in [-0.2, 0) is 9.59 Å². The standard InChI is InChI=1S/C11H21N3O2/c1-2-8-3-5-9(6-4-8)7-13-10(15)11(16)14-12/h8-9H,2-7,12H2,1H3,(H,13,15)(H,14,16). The molecule has 0 atom stereocenters. The minimum Gasteiger partial charge on any atom is -0.348 e. The Morgan fingerprint density at radius 3 is 2.19 bits per heavy atom. The Balaban J connectivity index is 2.19. The molecule has 2 amide bonds. The van der Waals surface area contributed by atoms with Gasteiger partial charge in [-0.1, -0.05) is 26.2 Å². The van der Waals surface area contributed by atoms with E-state index in [1.807, 2.05) is 5.43 Å². The Morgan fingerprint density at radius 2 is 1.69 bits per heavy atom. The highest BCUT2D eigenvalue weighted by atomic mass is 16.2. The number of amides is 2. The van der Waals surface area contributed by atoms with E-state index < -0.39 is 11.8 Å². The van der Waals surface area contributed by atoms with Crippen LogP contribution in [-0.4, -0.2) is 18.4 Å². The summed E-state index contributed by atoms with van der Waals surface area (Å²) in [6, 6.07) is 0. The number of rotatable bonds is 3. The molecule has 0 aromatic heterocycles. The zero-order valence-electron chi connectivity index (χ0n) is 9.79.